The van der Waals surface area contributed by atoms with Crippen molar-refractivity contribution in [1.82, 2.24) is 9.29 Å². The van der Waals surface area contributed by atoms with Crippen LogP contribution in [0.15, 0.2) is 53.6 Å². The zero-order valence-corrected chi connectivity index (χ0v) is 23.5. The minimum atomic E-state index is -3.96. The number of rotatable bonds is 6. The van der Waals surface area contributed by atoms with Crippen LogP contribution >= 0.6 is 0 Å². The smallest absolute Gasteiger partial charge is 0.465 e. The van der Waals surface area contributed by atoms with Crippen molar-refractivity contribution in [1.29, 1.82) is 0 Å². The summed E-state index contributed by atoms with van der Waals surface area (Å²) in [4.78, 5) is 17.0. The van der Waals surface area contributed by atoms with Crippen molar-refractivity contribution >= 4 is 50.9 Å². The van der Waals surface area contributed by atoms with Gasteiger partial charge in [-0.3, -0.25) is 4.98 Å². The van der Waals surface area contributed by atoms with E-state index in [0.29, 0.717) is 41.0 Å². The second-order valence-corrected chi connectivity index (χ2v) is 12.4. The molecule has 0 spiro atoms. The number of carbonyl (C=O) groups is 1. The van der Waals surface area contributed by atoms with E-state index < -0.39 is 34.3 Å². The van der Waals surface area contributed by atoms with Gasteiger partial charge in [-0.25, -0.2) is 13.2 Å². The number of nitrogens with one attached hydrogen (secondary N) is 1. The number of hydrogen-bond donors (Lipinski definition) is 1. The number of anilines is 2. The van der Waals surface area contributed by atoms with E-state index in [1.54, 1.807) is 30.3 Å². The van der Waals surface area contributed by atoms with Gasteiger partial charge < -0.3 is 24.1 Å². The number of fused-ring (bicyclic) bond motifs is 1. The fourth-order valence-corrected chi connectivity index (χ4v) is 6.10. The van der Waals surface area contributed by atoms with Gasteiger partial charge in [0.2, 0.25) is 10.0 Å². The van der Waals surface area contributed by atoms with Crippen LogP contribution in [0.5, 0.6) is 0 Å². The Morgan fingerprint density at radius 3 is 2.38 bits per heavy atom. The standard InChI is InChI=1S/C27H32BN3O7S/c1-26(2)27(3,4)38-28(37-26)18-10-11-21-20(16-18)24(30-22-9-7-6-8-19(22)25(32)35-5)23(17-29-21)39(33,34)31-12-14-36-15-13-31/h6-11,16-17H,12-15H2,1-5H3,(H,29,30). The van der Waals surface area contributed by atoms with Crippen molar-refractivity contribution in [2.45, 2.75) is 43.8 Å². The van der Waals surface area contributed by atoms with Gasteiger partial charge in [0.05, 0.1) is 54.0 Å². The summed E-state index contributed by atoms with van der Waals surface area (Å²) in [6.07, 6.45) is 1.35. The fourth-order valence-electron chi connectivity index (χ4n) is 4.58. The highest BCUT2D eigenvalue weighted by Crippen LogP contribution is 2.38. The maximum atomic E-state index is 13.9. The van der Waals surface area contributed by atoms with Gasteiger partial charge in [-0.05, 0) is 51.4 Å². The normalized spacial score (nSPS) is 19.3. The van der Waals surface area contributed by atoms with Crippen LogP contribution < -0.4 is 10.8 Å². The summed E-state index contributed by atoms with van der Waals surface area (Å²) in [6.45, 7) is 8.96. The van der Waals surface area contributed by atoms with E-state index in [4.69, 9.17) is 18.8 Å². The fraction of sp³-hybridized carbons (Fsp3) is 0.407. The number of hydrogen-bond acceptors (Lipinski definition) is 9. The van der Waals surface area contributed by atoms with Crippen molar-refractivity contribution in [3.63, 3.8) is 0 Å². The number of nitrogens with zero attached hydrogens (tertiary/aromatic N) is 2. The van der Waals surface area contributed by atoms with E-state index in [1.807, 2.05) is 39.8 Å². The number of morpholine rings is 1. The molecule has 2 aliphatic rings. The summed E-state index contributed by atoms with van der Waals surface area (Å²) in [7, 11) is -3.32. The molecule has 0 saturated carbocycles. The first-order valence-corrected chi connectivity index (χ1v) is 14.2. The van der Waals surface area contributed by atoms with Gasteiger partial charge in [0.15, 0.2) is 0 Å². The number of sulfonamides is 1. The molecule has 0 amide bonds. The number of carbonyl (C=O) groups excluding carboxylic acids is 1. The van der Waals surface area contributed by atoms with Crippen molar-refractivity contribution in [3.05, 3.63) is 54.2 Å². The number of benzene rings is 2. The molecular formula is C27H32BN3O7S. The maximum Gasteiger partial charge on any atom is 0.494 e. The molecule has 2 saturated heterocycles. The SMILES string of the molecule is COC(=O)c1ccccc1Nc1c(S(=O)(=O)N2CCOCC2)cnc2ccc(B3OC(C)(C)C(C)(C)O3)cc12. The molecule has 2 fully saturated rings. The Kier molecular flexibility index (Phi) is 7.19. The summed E-state index contributed by atoms with van der Waals surface area (Å²) in [6, 6.07) is 12.3. The van der Waals surface area contributed by atoms with Crippen molar-refractivity contribution in [2.24, 2.45) is 0 Å². The lowest BCUT2D eigenvalue weighted by molar-refractivity contribution is 0.00578. The molecule has 12 heteroatoms. The predicted molar refractivity (Wildman–Crippen MR) is 148 cm³/mol. The van der Waals surface area contributed by atoms with Crippen molar-refractivity contribution in [2.75, 3.05) is 38.7 Å². The Morgan fingerprint density at radius 1 is 1.05 bits per heavy atom. The van der Waals surface area contributed by atoms with E-state index in [1.165, 1.54) is 17.6 Å². The lowest BCUT2D eigenvalue weighted by Crippen LogP contribution is -2.41. The van der Waals surface area contributed by atoms with Crippen LogP contribution in [-0.2, 0) is 28.8 Å². The lowest BCUT2D eigenvalue weighted by atomic mass is 9.78. The molecular weight excluding hydrogens is 521 g/mol. The average molecular weight is 553 g/mol. The summed E-state index contributed by atoms with van der Waals surface area (Å²) in [5.74, 6) is -0.549. The lowest BCUT2D eigenvalue weighted by Gasteiger charge is -2.32. The summed E-state index contributed by atoms with van der Waals surface area (Å²) < 4.78 is 52.0. The number of methoxy groups -OCH3 is 1. The second kappa shape index (κ2) is 10.2. The third kappa shape index (κ3) is 5.03. The van der Waals surface area contributed by atoms with Crippen LogP contribution in [0.25, 0.3) is 10.9 Å². The summed E-state index contributed by atoms with van der Waals surface area (Å²) in [5, 5.41) is 3.77. The minimum absolute atomic E-state index is 0.0114. The number of ether oxygens (including phenoxy) is 2. The van der Waals surface area contributed by atoms with E-state index in [2.05, 4.69) is 10.3 Å². The van der Waals surface area contributed by atoms with E-state index in [9.17, 15) is 13.2 Å². The van der Waals surface area contributed by atoms with Gasteiger partial charge in [-0.1, -0.05) is 24.3 Å². The summed E-state index contributed by atoms with van der Waals surface area (Å²) in [5.41, 5.74) is 1.14. The first kappa shape index (κ1) is 27.5. The molecule has 0 atom stereocenters. The Bertz CT molecular complexity index is 1510. The molecule has 0 unspecified atom stereocenters. The second-order valence-electron chi connectivity index (χ2n) is 10.5. The monoisotopic (exact) mass is 553 g/mol. The third-order valence-electron chi connectivity index (χ3n) is 7.56. The Balaban J connectivity index is 1.69. The van der Waals surface area contributed by atoms with Crippen LogP contribution in [0, 0.1) is 0 Å². The number of esters is 1. The van der Waals surface area contributed by atoms with Gasteiger partial charge in [-0.15, -0.1) is 0 Å². The number of pyridine rings is 1. The molecule has 39 heavy (non-hydrogen) atoms. The topological polar surface area (TPSA) is 116 Å². The number of para-hydroxylation sites is 1. The highest BCUT2D eigenvalue weighted by atomic mass is 32.2. The molecule has 5 rings (SSSR count). The maximum absolute atomic E-state index is 13.9. The molecule has 0 aliphatic carbocycles. The van der Waals surface area contributed by atoms with Crippen LogP contribution in [-0.4, -0.2) is 75.4 Å². The highest BCUT2D eigenvalue weighted by Gasteiger charge is 2.51. The van der Waals surface area contributed by atoms with Gasteiger partial charge in [0.1, 0.15) is 4.90 Å². The van der Waals surface area contributed by atoms with Crippen LogP contribution in [0.3, 0.4) is 0 Å². The number of aromatic nitrogens is 1. The van der Waals surface area contributed by atoms with Gasteiger partial charge in [-0.2, -0.15) is 4.31 Å². The molecule has 2 aliphatic heterocycles. The molecule has 3 heterocycles. The van der Waals surface area contributed by atoms with Crippen LogP contribution in [0.2, 0.25) is 0 Å². The third-order valence-corrected chi connectivity index (χ3v) is 9.47. The Hall–Kier alpha value is -3.03. The molecule has 3 aromatic rings. The zero-order chi connectivity index (χ0) is 28.0. The summed E-state index contributed by atoms with van der Waals surface area (Å²) >= 11 is 0. The van der Waals surface area contributed by atoms with Gasteiger partial charge in [0, 0.05) is 24.7 Å². The van der Waals surface area contributed by atoms with Crippen molar-refractivity contribution < 1.29 is 32.0 Å². The predicted octanol–water partition coefficient (Wildman–Crippen LogP) is 3.09. The highest BCUT2D eigenvalue weighted by molar-refractivity contribution is 7.89. The van der Waals surface area contributed by atoms with Crippen LogP contribution in [0.1, 0.15) is 38.1 Å². The molecule has 0 bridgehead atoms. The van der Waals surface area contributed by atoms with Crippen LogP contribution in [0.4, 0.5) is 11.4 Å². The molecule has 1 aromatic heterocycles. The zero-order valence-electron chi connectivity index (χ0n) is 22.7. The van der Waals surface area contributed by atoms with Gasteiger partial charge in [0.25, 0.3) is 0 Å². The average Bonchev–Trinajstić information content (AvgIpc) is 3.15. The first-order valence-electron chi connectivity index (χ1n) is 12.8. The Labute approximate surface area is 228 Å². The first-order chi connectivity index (χ1) is 18.4. The molecule has 0 radical (unpaired) electrons. The molecule has 10 nitrogen and oxygen atoms in total. The Morgan fingerprint density at radius 2 is 1.72 bits per heavy atom. The molecule has 1 N–H and O–H groups in total. The quantitative estimate of drug-likeness (QED) is 0.363. The minimum Gasteiger partial charge on any atom is -0.465 e. The van der Waals surface area contributed by atoms with Crippen molar-refractivity contribution in [3.8, 4) is 0 Å². The molecule has 2 aromatic carbocycles. The van der Waals surface area contributed by atoms with Gasteiger partial charge >= 0.3 is 13.1 Å². The van der Waals surface area contributed by atoms with E-state index in [0.717, 1.165) is 0 Å². The molecule has 206 valence electrons. The van der Waals surface area contributed by atoms with E-state index in [-0.39, 0.29) is 23.5 Å². The largest absolute Gasteiger partial charge is 0.494 e. The van der Waals surface area contributed by atoms with E-state index >= 15 is 0 Å².